The molecule has 1 aromatic carbocycles. The van der Waals surface area contributed by atoms with Gasteiger partial charge in [-0.2, -0.15) is 0 Å². The first-order valence-corrected chi connectivity index (χ1v) is 8.03. The van der Waals surface area contributed by atoms with E-state index in [2.05, 4.69) is 20.4 Å². The lowest BCUT2D eigenvalue weighted by Gasteiger charge is -2.20. The Kier molecular flexibility index (Phi) is 4.24. The molecule has 130 valence electrons. The number of halogens is 1. The van der Waals surface area contributed by atoms with Gasteiger partial charge in [0.05, 0.1) is 11.7 Å². The van der Waals surface area contributed by atoms with Crippen molar-refractivity contribution in [3.8, 4) is 11.3 Å². The van der Waals surface area contributed by atoms with Gasteiger partial charge < -0.3 is 5.32 Å². The summed E-state index contributed by atoms with van der Waals surface area (Å²) < 4.78 is 14.6. The zero-order valence-electron chi connectivity index (χ0n) is 14.6. The number of hydrogen-bond acceptors (Lipinski definition) is 4. The molecule has 25 heavy (non-hydrogen) atoms. The maximum atomic E-state index is 13.1. The Hall–Kier alpha value is -2.83. The molecule has 0 radical (unpaired) electrons. The Balaban J connectivity index is 1.87. The Labute approximate surface area is 145 Å². The lowest BCUT2D eigenvalue weighted by Crippen LogP contribution is -2.36. The maximum Gasteiger partial charge on any atom is 0.225 e. The fourth-order valence-corrected chi connectivity index (χ4v) is 2.25. The summed E-state index contributed by atoms with van der Waals surface area (Å²) in [4.78, 5) is 20.9. The monoisotopic (exact) mass is 341 g/mol. The van der Waals surface area contributed by atoms with Crippen LogP contribution in [0.25, 0.3) is 16.9 Å². The molecule has 3 aromatic rings. The molecule has 0 unspecified atom stereocenters. The molecule has 6 nitrogen and oxygen atoms in total. The summed E-state index contributed by atoms with van der Waals surface area (Å²) in [6.07, 6.45) is 1.56. The molecule has 0 saturated heterocycles. The maximum absolute atomic E-state index is 13.1. The smallest absolute Gasteiger partial charge is 0.225 e. The van der Waals surface area contributed by atoms with Crippen LogP contribution in [0.1, 0.15) is 39.6 Å². The van der Waals surface area contributed by atoms with E-state index in [0.717, 1.165) is 5.56 Å². The van der Waals surface area contributed by atoms with Gasteiger partial charge in [-0.3, -0.25) is 4.79 Å². The zero-order valence-corrected chi connectivity index (χ0v) is 14.6. The SMILES string of the molecule is C[C@H](NC(=O)C(C)(C)C)c1nc2cc(-c3ccc(F)cc3)ncn2n1. The van der Waals surface area contributed by atoms with Gasteiger partial charge in [0.25, 0.3) is 0 Å². The second-order valence-electron chi connectivity index (χ2n) is 7.00. The van der Waals surface area contributed by atoms with E-state index in [1.807, 2.05) is 27.7 Å². The van der Waals surface area contributed by atoms with Gasteiger partial charge >= 0.3 is 0 Å². The number of carbonyl (C=O) groups is 1. The second kappa shape index (κ2) is 6.23. The minimum atomic E-state index is -0.481. The van der Waals surface area contributed by atoms with Crippen LogP contribution >= 0.6 is 0 Å². The van der Waals surface area contributed by atoms with Crippen molar-refractivity contribution in [1.29, 1.82) is 0 Å². The highest BCUT2D eigenvalue weighted by atomic mass is 19.1. The third kappa shape index (κ3) is 3.65. The highest BCUT2D eigenvalue weighted by Gasteiger charge is 2.24. The van der Waals surface area contributed by atoms with Crippen molar-refractivity contribution in [3.05, 3.63) is 48.3 Å². The van der Waals surface area contributed by atoms with Crippen molar-refractivity contribution in [2.45, 2.75) is 33.7 Å². The summed E-state index contributed by atoms with van der Waals surface area (Å²) in [7, 11) is 0. The molecule has 1 N–H and O–H groups in total. The van der Waals surface area contributed by atoms with Crippen LogP contribution in [0.5, 0.6) is 0 Å². The van der Waals surface area contributed by atoms with Crippen LogP contribution in [-0.4, -0.2) is 25.5 Å². The minimum absolute atomic E-state index is 0.0658. The molecule has 0 saturated carbocycles. The molecule has 7 heteroatoms. The van der Waals surface area contributed by atoms with Crippen LogP contribution in [0.4, 0.5) is 4.39 Å². The highest BCUT2D eigenvalue weighted by Crippen LogP contribution is 2.20. The van der Waals surface area contributed by atoms with Crippen LogP contribution in [-0.2, 0) is 4.79 Å². The molecular weight excluding hydrogens is 321 g/mol. The van der Waals surface area contributed by atoms with E-state index in [0.29, 0.717) is 17.2 Å². The average Bonchev–Trinajstić information content (AvgIpc) is 2.98. The number of aromatic nitrogens is 4. The van der Waals surface area contributed by atoms with Gasteiger partial charge in [0.15, 0.2) is 11.5 Å². The summed E-state index contributed by atoms with van der Waals surface area (Å²) in [6.45, 7) is 7.40. The molecule has 1 atom stereocenters. The van der Waals surface area contributed by atoms with Crippen molar-refractivity contribution in [2.75, 3.05) is 0 Å². The molecule has 2 heterocycles. The number of nitrogens with zero attached hydrogens (tertiary/aromatic N) is 4. The molecule has 0 aliphatic heterocycles. The van der Waals surface area contributed by atoms with Gasteiger partial charge in [0.1, 0.15) is 12.1 Å². The third-order valence-corrected chi connectivity index (χ3v) is 3.80. The van der Waals surface area contributed by atoms with Crippen molar-refractivity contribution in [3.63, 3.8) is 0 Å². The standard InChI is InChI=1S/C18H20FN5O/c1-11(21-17(25)18(2,3)4)16-22-15-9-14(20-10-24(15)23-16)12-5-7-13(19)8-6-12/h5-11H,1-4H3,(H,21,25)/t11-/m0/s1. The number of amides is 1. The van der Waals surface area contributed by atoms with Crippen LogP contribution in [0.3, 0.4) is 0 Å². The summed E-state index contributed by atoms with van der Waals surface area (Å²) >= 11 is 0. The first-order valence-electron chi connectivity index (χ1n) is 8.03. The molecule has 0 bridgehead atoms. The summed E-state index contributed by atoms with van der Waals surface area (Å²) in [5.41, 5.74) is 1.60. The topological polar surface area (TPSA) is 72.2 Å². The molecule has 0 aliphatic carbocycles. The first kappa shape index (κ1) is 17.0. The van der Waals surface area contributed by atoms with Crippen molar-refractivity contribution < 1.29 is 9.18 Å². The average molecular weight is 341 g/mol. The third-order valence-electron chi connectivity index (χ3n) is 3.80. The van der Waals surface area contributed by atoms with Gasteiger partial charge in [-0.1, -0.05) is 20.8 Å². The Morgan fingerprint density at radius 2 is 1.92 bits per heavy atom. The summed E-state index contributed by atoms with van der Waals surface area (Å²) in [6, 6.07) is 7.57. The second-order valence-corrected chi connectivity index (χ2v) is 7.00. The first-order chi connectivity index (χ1) is 11.7. The summed E-state index contributed by atoms with van der Waals surface area (Å²) in [5, 5.41) is 7.28. The molecule has 2 aromatic heterocycles. The number of carbonyl (C=O) groups excluding carboxylic acids is 1. The van der Waals surface area contributed by atoms with Gasteiger partial charge in [-0.05, 0) is 31.2 Å². The van der Waals surface area contributed by atoms with E-state index in [1.54, 1.807) is 29.0 Å². The number of hydrogen-bond donors (Lipinski definition) is 1. The van der Waals surface area contributed by atoms with Crippen LogP contribution in [0.15, 0.2) is 36.7 Å². The largest absolute Gasteiger partial charge is 0.346 e. The van der Waals surface area contributed by atoms with Crippen LogP contribution in [0, 0.1) is 11.2 Å². The van der Waals surface area contributed by atoms with Gasteiger partial charge in [-0.25, -0.2) is 18.9 Å². The zero-order chi connectivity index (χ0) is 18.2. The quantitative estimate of drug-likeness (QED) is 0.794. The number of rotatable bonds is 3. The van der Waals surface area contributed by atoms with Crippen LogP contribution in [0.2, 0.25) is 0 Å². The van der Waals surface area contributed by atoms with Gasteiger partial charge in [-0.15, -0.1) is 5.10 Å². The number of fused-ring (bicyclic) bond motifs is 1. The molecule has 1 amide bonds. The molecule has 3 rings (SSSR count). The van der Waals surface area contributed by atoms with Crippen molar-refractivity contribution in [1.82, 2.24) is 24.9 Å². The number of benzene rings is 1. The highest BCUT2D eigenvalue weighted by molar-refractivity contribution is 5.81. The Bertz CT molecular complexity index is 911. The lowest BCUT2D eigenvalue weighted by atomic mass is 9.95. The van der Waals surface area contributed by atoms with E-state index < -0.39 is 5.41 Å². The van der Waals surface area contributed by atoms with Crippen molar-refractivity contribution >= 4 is 11.6 Å². The molecule has 0 aliphatic rings. The predicted molar refractivity (Wildman–Crippen MR) is 92.2 cm³/mol. The van der Waals surface area contributed by atoms with Crippen molar-refractivity contribution in [2.24, 2.45) is 5.41 Å². The molecular formula is C18H20FN5O. The van der Waals surface area contributed by atoms with E-state index in [1.165, 1.54) is 12.1 Å². The lowest BCUT2D eigenvalue weighted by molar-refractivity contribution is -0.129. The molecule has 0 fully saturated rings. The summed E-state index contributed by atoms with van der Waals surface area (Å²) in [5.74, 6) is 0.151. The number of nitrogens with one attached hydrogen (secondary N) is 1. The predicted octanol–water partition coefficient (Wildman–Crippen LogP) is 3.15. The Morgan fingerprint density at radius 3 is 2.56 bits per heavy atom. The Morgan fingerprint density at radius 1 is 1.24 bits per heavy atom. The van der Waals surface area contributed by atoms with Crippen LogP contribution < -0.4 is 5.32 Å². The minimum Gasteiger partial charge on any atom is -0.346 e. The molecule has 0 spiro atoms. The van der Waals surface area contributed by atoms with E-state index in [4.69, 9.17) is 0 Å². The fourth-order valence-electron chi connectivity index (χ4n) is 2.25. The van der Waals surface area contributed by atoms with E-state index in [9.17, 15) is 9.18 Å². The van der Waals surface area contributed by atoms with E-state index in [-0.39, 0.29) is 17.8 Å². The van der Waals surface area contributed by atoms with Gasteiger partial charge in [0, 0.05) is 17.0 Å². The fraction of sp³-hybridized carbons (Fsp3) is 0.333. The van der Waals surface area contributed by atoms with E-state index >= 15 is 0 Å². The van der Waals surface area contributed by atoms with Gasteiger partial charge in [0.2, 0.25) is 5.91 Å². The normalized spacial score (nSPS) is 13.0.